The van der Waals surface area contributed by atoms with E-state index in [0.717, 1.165) is 18.4 Å². The Balaban J connectivity index is 2.92. The molecule has 2 unspecified atom stereocenters. The number of halogens is 2. The smallest absolute Gasteiger partial charge is 0.247 e. The maximum absolute atomic E-state index is 12.5. The van der Waals surface area contributed by atoms with Crippen molar-refractivity contribution in [3.05, 3.63) is 39.9 Å². The highest BCUT2D eigenvalue weighted by Crippen LogP contribution is 2.22. The molecule has 0 radical (unpaired) electrons. The number of benzene rings is 1. The van der Waals surface area contributed by atoms with Crippen LogP contribution in [-0.4, -0.2) is 22.9 Å². The summed E-state index contributed by atoms with van der Waals surface area (Å²) in [6, 6.07) is 5.69. The highest BCUT2D eigenvalue weighted by molar-refractivity contribution is 6.35. The van der Waals surface area contributed by atoms with E-state index < -0.39 is 0 Å². The van der Waals surface area contributed by atoms with Gasteiger partial charge in [0.15, 0.2) is 0 Å². The van der Waals surface area contributed by atoms with Crippen LogP contribution in [0.2, 0.25) is 10.0 Å². The first-order valence-electron chi connectivity index (χ1n) is 7.36. The van der Waals surface area contributed by atoms with E-state index in [0.29, 0.717) is 10.0 Å². The van der Waals surface area contributed by atoms with Gasteiger partial charge in [-0.25, -0.2) is 0 Å². The number of carbonyl (C=O) groups excluding carboxylic acids is 1. The monoisotopic (exact) mass is 327 g/mol. The molecule has 0 spiro atoms. The van der Waals surface area contributed by atoms with Gasteiger partial charge in [-0.2, -0.15) is 0 Å². The molecule has 4 heteroatoms. The van der Waals surface area contributed by atoms with Crippen molar-refractivity contribution < 1.29 is 4.79 Å². The molecule has 0 aromatic heterocycles. The van der Waals surface area contributed by atoms with E-state index >= 15 is 0 Å². The number of amides is 1. The largest absolute Gasteiger partial charge is 0.334 e. The third-order valence-electron chi connectivity index (χ3n) is 3.75. The van der Waals surface area contributed by atoms with Gasteiger partial charge in [0.1, 0.15) is 0 Å². The van der Waals surface area contributed by atoms with Crippen LogP contribution in [0, 0.1) is 0 Å². The van der Waals surface area contributed by atoms with Gasteiger partial charge in [-0.1, -0.05) is 43.1 Å². The summed E-state index contributed by atoms with van der Waals surface area (Å²) in [5, 5.41) is 1.13. The van der Waals surface area contributed by atoms with Crippen molar-refractivity contribution in [3.8, 4) is 0 Å². The number of carbonyl (C=O) groups is 1. The molecule has 1 aromatic carbocycles. The Bertz CT molecular complexity index is 504. The second-order valence-electron chi connectivity index (χ2n) is 5.26. The molecule has 0 heterocycles. The molecule has 2 atom stereocenters. The number of nitrogens with zero attached hydrogens (tertiary/aromatic N) is 1. The maximum atomic E-state index is 12.5. The van der Waals surface area contributed by atoms with Crippen molar-refractivity contribution in [2.24, 2.45) is 0 Å². The average molecular weight is 328 g/mol. The minimum absolute atomic E-state index is 0.0183. The SMILES string of the molecule is CCC(C)N(C(=O)/C=C/c1ccc(Cl)cc1Cl)C(C)CC. The van der Waals surface area contributed by atoms with Gasteiger partial charge in [0.25, 0.3) is 0 Å². The van der Waals surface area contributed by atoms with E-state index in [1.807, 2.05) is 11.0 Å². The molecule has 1 amide bonds. The Morgan fingerprint density at radius 1 is 1.19 bits per heavy atom. The summed E-state index contributed by atoms with van der Waals surface area (Å²) < 4.78 is 0. The predicted molar refractivity (Wildman–Crippen MR) is 91.8 cm³/mol. The predicted octanol–water partition coefficient (Wildman–Crippen LogP) is 5.43. The van der Waals surface area contributed by atoms with Gasteiger partial charge in [-0.15, -0.1) is 0 Å². The molecule has 116 valence electrons. The van der Waals surface area contributed by atoms with E-state index in [9.17, 15) is 4.79 Å². The van der Waals surface area contributed by atoms with Crippen LogP contribution in [-0.2, 0) is 4.79 Å². The van der Waals surface area contributed by atoms with Crippen molar-refractivity contribution in [2.75, 3.05) is 0 Å². The van der Waals surface area contributed by atoms with Gasteiger partial charge in [0, 0.05) is 28.2 Å². The fourth-order valence-electron chi connectivity index (χ4n) is 2.15. The van der Waals surface area contributed by atoms with Gasteiger partial charge in [-0.05, 0) is 50.5 Å². The summed E-state index contributed by atoms with van der Waals surface area (Å²) in [6.07, 6.45) is 5.21. The van der Waals surface area contributed by atoms with Gasteiger partial charge in [-0.3, -0.25) is 4.79 Å². The van der Waals surface area contributed by atoms with Gasteiger partial charge >= 0.3 is 0 Å². The molecule has 2 nitrogen and oxygen atoms in total. The summed E-state index contributed by atoms with van der Waals surface area (Å²) in [4.78, 5) is 14.4. The van der Waals surface area contributed by atoms with E-state index in [1.54, 1.807) is 24.3 Å². The molecule has 0 saturated heterocycles. The van der Waals surface area contributed by atoms with Crippen molar-refractivity contribution in [1.82, 2.24) is 4.90 Å². The molecule has 0 fully saturated rings. The van der Waals surface area contributed by atoms with Crippen molar-refractivity contribution in [3.63, 3.8) is 0 Å². The van der Waals surface area contributed by atoms with Crippen molar-refractivity contribution >= 4 is 35.2 Å². The molecule has 0 saturated carbocycles. The molecule has 0 bridgehead atoms. The zero-order chi connectivity index (χ0) is 16.0. The van der Waals surface area contributed by atoms with E-state index in [4.69, 9.17) is 23.2 Å². The lowest BCUT2D eigenvalue weighted by atomic mass is 10.1. The Labute approximate surface area is 137 Å². The van der Waals surface area contributed by atoms with Crippen molar-refractivity contribution in [1.29, 1.82) is 0 Å². The first kappa shape index (κ1) is 18.1. The molecule has 0 N–H and O–H groups in total. The van der Waals surface area contributed by atoms with E-state index in [-0.39, 0.29) is 18.0 Å². The zero-order valence-corrected chi connectivity index (χ0v) is 14.6. The molecule has 0 aliphatic heterocycles. The summed E-state index contributed by atoms with van der Waals surface area (Å²) >= 11 is 12.0. The van der Waals surface area contributed by atoms with E-state index in [1.165, 1.54) is 0 Å². The number of hydrogen-bond acceptors (Lipinski definition) is 1. The summed E-state index contributed by atoms with van der Waals surface area (Å²) in [7, 11) is 0. The normalized spacial score (nSPS) is 14.2. The van der Waals surface area contributed by atoms with Crippen LogP contribution >= 0.6 is 23.2 Å². The molecule has 0 aliphatic carbocycles. The Morgan fingerprint density at radius 3 is 2.24 bits per heavy atom. The Morgan fingerprint density at radius 2 is 1.76 bits per heavy atom. The zero-order valence-electron chi connectivity index (χ0n) is 13.1. The lowest BCUT2D eigenvalue weighted by Gasteiger charge is -2.33. The molecular weight excluding hydrogens is 305 g/mol. The maximum Gasteiger partial charge on any atom is 0.247 e. The number of rotatable bonds is 6. The van der Waals surface area contributed by atoms with Crippen LogP contribution in [0.15, 0.2) is 24.3 Å². The molecule has 21 heavy (non-hydrogen) atoms. The molecular formula is C17H23Cl2NO. The fraction of sp³-hybridized carbons (Fsp3) is 0.471. The van der Waals surface area contributed by atoms with Crippen LogP contribution in [0.4, 0.5) is 0 Å². The number of hydrogen-bond donors (Lipinski definition) is 0. The highest BCUT2D eigenvalue weighted by Gasteiger charge is 2.21. The fourth-order valence-corrected chi connectivity index (χ4v) is 2.62. The van der Waals surface area contributed by atoms with Crippen LogP contribution in [0.25, 0.3) is 6.08 Å². The van der Waals surface area contributed by atoms with Crippen molar-refractivity contribution in [2.45, 2.75) is 52.6 Å². The third kappa shape index (κ3) is 5.05. The van der Waals surface area contributed by atoms with Crippen LogP contribution < -0.4 is 0 Å². The summed E-state index contributed by atoms with van der Waals surface area (Å²) in [5.74, 6) is 0.0183. The lowest BCUT2D eigenvalue weighted by molar-refractivity contribution is -0.130. The van der Waals surface area contributed by atoms with Gasteiger partial charge in [0.2, 0.25) is 5.91 Å². The minimum atomic E-state index is 0.0183. The standard InChI is InChI=1S/C17H23Cl2NO/c1-5-12(3)20(13(4)6-2)17(21)10-8-14-7-9-15(18)11-16(14)19/h7-13H,5-6H2,1-4H3/b10-8+. The summed E-state index contributed by atoms with van der Waals surface area (Å²) in [6.45, 7) is 8.33. The van der Waals surface area contributed by atoms with Gasteiger partial charge in [0.05, 0.1) is 0 Å². The van der Waals surface area contributed by atoms with Crippen LogP contribution in [0.5, 0.6) is 0 Å². The Hall–Kier alpha value is -0.990. The van der Waals surface area contributed by atoms with Crippen LogP contribution in [0.1, 0.15) is 46.1 Å². The lowest BCUT2D eigenvalue weighted by Crippen LogP contribution is -2.43. The Kier molecular flexibility index (Phi) is 7.27. The molecule has 0 aliphatic rings. The first-order chi connectivity index (χ1) is 9.90. The van der Waals surface area contributed by atoms with Crippen LogP contribution in [0.3, 0.4) is 0 Å². The van der Waals surface area contributed by atoms with E-state index in [2.05, 4.69) is 27.7 Å². The second-order valence-corrected chi connectivity index (χ2v) is 6.10. The topological polar surface area (TPSA) is 20.3 Å². The highest BCUT2D eigenvalue weighted by atomic mass is 35.5. The van der Waals surface area contributed by atoms with Gasteiger partial charge < -0.3 is 4.90 Å². The minimum Gasteiger partial charge on any atom is -0.334 e. The quantitative estimate of drug-likeness (QED) is 0.637. The summed E-state index contributed by atoms with van der Waals surface area (Å²) in [5.41, 5.74) is 0.794. The second kappa shape index (κ2) is 8.45. The molecule has 1 aromatic rings. The molecule has 1 rings (SSSR count). The average Bonchev–Trinajstić information content (AvgIpc) is 2.46. The first-order valence-corrected chi connectivity index (χ1v) is 8.11. The third-order valence-corrected chi connectivity index (χ3v) is 4.32.